The van der Waals surface area contributed by atoms with E-state index in [1.807, 2.05) is 11.3 Å². The Kier molecular flexibility index (Phi) is 2.68. The summed E-state index contributed by atoms with van der Waals surface area (Å²) in [4.78, 5) is 4.85. The fourth-order valence-corrected chi connectivity index (χ4v) is 4.56. The van der Waals surface area contributed by atoms with Crippen molar-refractivity contribution >= 4 is 21.6 Å². The molecule has 1 aromatic heterocycles. The van der Waals surface area contributed by atoms with Crippen LogP contribution < -0.4 is 5.73 Å². The van der Waals surface area contributed by atoms with Crippen LogP contribution in [-0.2, 0) is 5.41 Å². The average molecular weight is 272 g/mol. The molecule has 0 aliphatic heterocycles. The smallest absolute Gasteiger partial charge is 0.0969 e. The summed E-state index contributed by atoms with van der Waals surface area (Å²) in [7, 11) is 0. The molecule has 2 fully saturated rings. The van der Waals surface area contributed by atoms with Crippen LogP contribution in [0.1, 0.15) is 55.0 Å². The lowest BCUT2D eigenvalue weighted by molar-refractivity contribution is 0.453. The molecule has 1 aromatic carbocycles. The zero-order chi connectivity index (χ0) is 12.9. The molecule has 1 heterocycles. The van der Waals surface area contributed by atoms with Crippen molar-refractivity contribution in [1.82, 2.24) is 4.98 Å². The van der Waals surface area contributed by atoms with Crippen LogP contribution in [0.5, 0.6) is 0 Å². The van der Waals surface area contributed by atoms with E-state index >= 15 is 0 Å². The second kappa shape index (κ2) is 4.29. The minimum atomic E-state index is 0.234. The monoisotopic (exact) mass is 272 g/mol. The van der Waals surface area contributed by atoms with Crippen molar-refractivity contribution in [3.8, 4) is 0 Å². The van der Waals surface area contributed by atoms with Crippen molar-refractivity contribution in [2.75, 3.05) is 6.54 Å². The highest BCUT2D eigenvalue weighted by atomic mass is 32.1. The Morgan fingerprint density at radius 3 is 2.74 bits per heavy atom. The van der Waals surface area contributed by atoms with Crippen molar-refractivity contribution in [2.24, 2.45) is 5.73 Å². The second-order valence-electron chi connectivity index (χ2n) is 6.20. The number of fused-ring (bicyclic) bond motifs is 1. The van der Waals surface area contributed by atoms with Gasteiger partial charge in [0.15, 0.2) is 0 Å². The Morgan fingerprint density at radius 1 is 1.26 bits per heavy atom. The normalized spacial score (nSPS) is 22.2. The van der Waals surface area contributed by atoms with Gasteiger partial charge in [-0.1, -0.05) is 18.9 Å². The average Bonchev–Trinajstić information content (AvgIpc) is 3.03. The van der Waals surface area contributed by atoms with Gasteiger partial charge in [-0.2, -0.15) is 0 Å². The van der Waals surface area contributed by atoms with Crippen LogP contribution in [0.4, 0.5) is 0 Å². The first-order valence-electron chi connectivity index (χ1n) is 7.42. The van der Waals surface area contributed by atoms with Crippen LogP contribution in [0, 0.1) is 0 Å². The van der Waals surface area contributed by atoms with Crippen molar-refractivity contribution < 1.29 is 0 Å². The number of nitrogens with two attached hydrogens (primary N) is 1. The van der Waals surface area contributed by atoms with E-state index < -0.39 is 0 Å². The Morgan fingerprint density at radius 2 is 2.05 bits per heavy atom. The first kappa shape index (κ1) is 11.9. The van der Waals surface area contributed by atoms with Gasteiger partial charge in [-0.05, 0) is 43.4 Å². The van der Waals surface area contributed by atoms with Gasteiger partial charge in [0.2, 0.25) is 0 Å². The summed E-state index contributed by atoms with van der Waals surface area (Å²) in [6.07, 6.45) is 7.79. The molecule has 100 valence electrons. The zero-order valence-electron chi connectivity index (χ0n) is 11.2. The maximum Gasteiger partial charge on any atom is 0.0969 e. The van der Waals surface area contributed by atoms with E-state index in [1.54, 1.807) is 0 Å². The van der Waals surface area contributed by atoms with Gasteiger partial charge in [0.05, 0.1) is 15.2 Å². The van der Waals surface area contributed by atoms with Gasteiger partial charge in [-0.3, -0.25) is 0 Å². The van der Waals surface area contributed by atoms with Crippen LogP contribution in [0.25, 0.3) is 10.2 Å². The molecule has 2 saturated carbocycles. The van der Waals surface area contributed by atoms with Crippen LogP contribution in [0.15, 0.2) is 18.2 Å². The maximum absolute atomic E-state index is 6.09. The SMILES string of the molecule is NCC1(c2ccc3sc(C4CC4)nc3c2)CCCC1. The highest BCUT2D eigenvalue weighted by molar-refractivity contribution is 7.18. The number of thiazole rings is 1. The number of hydrogen-bond acceptors (Lipinski definition) is 3. The third kappa shape index (κ3) is 1.91. The quantitative estimate of drug-likeness (QED) is 0.919. The molecule has 0 spiro atoms. The summed E-state index contributed by atoms with van der Waals surface area (Å²) in [5.74, 6) is 0.760. The topological polar surface area (TPSA) is 38.9 Å². The fourth-order valence-electron chi connectivity index (χ4n) is 3.44. The number of hydrogen-bond donors (Lipinski definition) is 1. The highest BCUT2D eigenvalue weighted by Gasteiger charge is 2.34. The van der Waals surface area contributed by atoms with Crippen LogP contribution in [-0.4, -0.2) is 11.5 Å². The molecule has 0 unspecified atom stereocenters. The van der Waals surface area contributed by atoms with E-state index in [4.69, 9.17) is 10.7 Å². The largest absolute Gasteiger partial charge is 0.330 e. The summed E-state index contributed by atoms with van der Waals surface area (Å²) in [6, 6.07) is 6.88. The van der Waals surface area contributed by atoms with Crippen molar-refractivity contribution in [3.05, 3.63) is 28.8 Å². The molecule has 19 heavy (non-hydrogen) atoms. The molecule has 2 aromatic rings. The van der Waals surface area contributed by atoms with E-state index in [-0.39, 0.29) is 5.41 Å². The molecular formula is C16H20N2S. The lowest BCUT2D eigenvalue weighted by atomic mass is 9.79. The standard InChI is InChI=1S/C16H20N2S/c17-10-16(7-1-2-8-16)12-5-6-14-13(9-12)18-15(19-14)11-3-4-11/h5-6,9,11H,1-4,7-8,10,17H2. The van der Waals surface area contributed by atoms with E-state index in [9.17, 15) is 0 Å². The van der Waals surface area contributed by atoms with Gasteiger partial charge in [0.25, 0.3) is 0 Å². The number of aromatic nitrogens is 1. The molecule has 0 bridgehead atoms. The Balaban J connectivity index is 1.77. The summed E-state index contributed by atoms with van der Waals surface area (Å²) < 4.78 is 1.34. The van der Waals surface area contributed by atoms with E-state index in [0.29, 0.717) is 0 Å². The summed E-state index contributed by atoms with van der Waals surface area (Å²) in [5.41, 5.74) is 8.95. The summed E-state index contributed by atoms with van der Waals surface area (Å²) in [5, 5.41) is 1.35. The van der Waals surface area contributed by atoms with Gasteiger partial charge < -0.3 is 5.73 Å². The van der Waals surface area contributed by atoms with Crippen molar-refractivity contribution in [1.29, 1.82) is 0 Å². The van der Waals surface area contributed by atoms with Crippen LogP contribution in [0.2, 0.25) is 0 Å². The van der Waals surface area contributed by atoms with Gasteiger partial charge in [-0.25, -0.2) is 4.98 Å². The minimum Gasteiger partial charge on any atom is -0.330 e. The molecule has 2 N–H and O–H groups in total. The predicted molar refractivity (Wildman–Crippen MR) is 80.8 cm³/mol. The Bertz CT molecular complexity index is 606. The lowest BCUT2D eigenvalue weighted by Gasteiger charge is -2.27. The van der Waals surface area contributed by atoms with E-state index in [0.717, 1.165) is 12.5 Å². The first-order chi connectivity index (χ1) is 9.31. The van der Waals surface area contributed by atoms with Gasteiger partial charge in [0.1, 0.15) is 0 Å². The Hall–Kier alpha value is -0.930. The maximum atomic E-state index is 6.09. The minimum absolute atomic E-state index is 0.234. The molecule has 2 aliphatic rings. The molecular weight excluding hydrogens is 252 g/mol. The van der Waals surface area contributed by atoms with Gasteiger partial charge in [0, 0.05) is 17.9 Å². The molecule has 0 radical (unpaired) electrons. The molecule has 2 nitrogen and oxygen atoms in total. The van der Waals surface area contributed by atoms with Gasteiger partial charge in [-0.15, -0.1) is 11.3 Å². The number of benzene rings is 1. The second-order valence-corrected chi connectivity index (χ2v) is 7.26. The summed E-state index contributed by atoms with van der Waals surface area (Å²) in [6.45, 7) is 0.776. The lowest BCUT2D eigenvalue weighted by Crippen LogP contribution is -2.31. The van der Waals surface area contributed by atoms with Gasteiger partial charge >= 0.3 is 0 Å². The number of rotatable bonds is 3. The van der Waals surface area contributed by atoms with E-state index in [1.165, 1.54) is 59.3 Å². The van der Waals surface area contributed by atoms with Crippen LogP contribution >= 0.6 is 11.3 Å². The fraction of sp³-hybridized carbons (Fsp3) is 0.562. The molecule has 0 saturated heterocycles. The third-order valence-electron chi connectivity index (χ3n) is 4.89. The first-order valence-corrected chi connectivity index (χ1v) is 8.23. The number of nitrogens with zero attached hydrogens (tertiary/aromatic N) is 1. The summed E-state index contributed by atoms with van der Waals surface area (Å²) >= 11 is 1.88. The molecule has 2 aliphatic carbocycles. The molecule has 0 atom stereocenters. The molecule has 0 amide bonds. The van der Waals surface area contributed by atoms with E-state index in [2.05, 4.69) is 18.2 Å². The molecule has 4 rings (SSSR count). The molecule has 3 heteroatoms. The zero-order valence-corrected chi connectivity index (χ0v) is 12.0. The van der Waals surface area contributed by atoms with Crippen molar-refractivity contribution in [3.63, 3.8) is 0 Å². The van der Waals surface area contributed by atoms with Crippen molar-refractivity contribution in [2.45, 2.75) is 49.9 Å². The third-order valence-corrected chi connectivity index (χ3v) is 6.09. The van der Waals surface area contributed by atoms with Crippen LogP contribution in [0.3, 0.4) is 0 Å². The Labute approximate surface area is 118 Å². The predicted octanol–water partition coefficient (Wildman–Crippen LogP) is 3.94. The highest BCUT2D eigenvalue weighted by Crippen LogP contribution is 2.45.